The number of benzene rings is 2. The molecule has 0 aliphatic carbocycles. The van der Waals surface area contributed by atoms with Crippen molar-refractivity contribution >= 4 is 21.9 Å². The lowest BCUT2D eigenvalue weighted by Gasteiger charge is -2.14. The maximum Gasteiger partial charge on any atom is 0.315 e. The van der Waals surface area contributed by atoms with Crippen LogP contribution in [0, 0.1) is 11.3 Å². The van der Waals surface area contributed by atoms with Crippen LogP contribution in [0.4, 0.5) is 0 Å². The second kappa shape index (κ2) is 9.11. The van der Waals surface area contributed by atoms with E-state index in [1.165, 1.54) is 13.2 Å². The van der Waals surface area contributed by atoms with Crippen LogP contribution in [0.2, 0.25) is 0 Å². The number of nitrogens with zero attached hydrogens (tertiary/aromatic N) is 1. The van der Waals surface area contributed by atoms with E-state index in [-0.39, 0.29) is 12.2 Å². The molecule has 6 nitrogen and oxygen atoms in total. The average molecular weight is 420 g/mol. The van der Waals surface area contributed by atoms with Gasteiger partial charge in [-0.2, -0.15) is 5.26 Å². The number of carbonyl (C=O) groups is 1. The van der Waals surface area contributed by atoms with E-state index in [9.17, 15) is 4.79 Å². The van der Waals surface area contributed by atoms with Crippen molar-refractivity contribution in [2.24, 2.45) is 0 Å². The summed E-state index contributed by atoms with van der Waals surface area (Å²) >= 11 is 3.32. The Morgan fingerprint density at radius 3 is 2.54 bits per heavy atom. The zero-order valence-corrected chi connectivity index (χ0v) is 16.3. The van der Waals surface area contributed by atoms with Crippen molar-refractivity contribution in [3.05, 3.63) is 45.9 Å². The Bertz CT molecular complexity index is 845. The first-order valence-corrected chi connectivity index (χ1v) is 8.59. The van der Waals surface area contributed by atoms with Gasteiger partial charge in [0.15, 0.2) is 11.5 Å². The Labute approximate surface area is 160 Å². The third kappa shape index (κ3) is 4.67. The van der Waals surface area contributed by atoms with Gasteiger partial charge in [-0.15, -0.1) is 0 Å². The summed E-state index contributed by atoms with van der Waals surface area (Å²) in [5.41, 5.74) is 1.07. The standard InChI is InChI=1S/C19H18BrNO5/c1-4-25-17-8-12(11-21)7-15(20)19(17)26-18(22)9-13-5-6-14(23-2)10-16(13)24-3/h5-8,10H,4,9H2,1-3H3. The topological polar surface area (TPSA) is 77.8 Å². The van der Waals surface area contributed by atoms with Gasteiger partial charge in [-0.3, -0.25) is 4.79 Å². The Hall–Kier alpha value is -2.72. The quantitative estimate of drug-likeness (QED) is 0.500. The molecule has 0 heterocycles. The van der Waals surface area contributed by atoms with Crippen LogP contribution in [0.25, 0.3) is 0 Å². The van der Waals surface area contributed by atoms with Crippen LogP contribution in [0.15, 0.2) is 34.8 Å². The van der Waals surface area contributed by atoms with Crippen molar-refractivity contribution in [1.82, 2.24) is 0 Å². The van der Waals surface area contributed by atoms with E-state index in [1.54, 1.807) is 38.3 Å². The van der Waals surface area contributed by atoms with Gasteiger partial charge < -0.3 is 18.9 Å². The molecule has 2 aromatic rings. The van der Waals surface area contributed by atoms with Gasteiger partial charge in [0.1, 0.15) is 11.5 Å². The SMILES string of the molecule is CCOc1cc(C#N)cc(Br)c1OC(=O)Cc1ccc(OC)cc1OC. The number of carbonyl (C=O) groups excluding carboxylic acids is 1. The third-order valence-electron chi connectivity index (χ3n) is 3.48. The molecule has 0 fully saturated rings. The van der Waals surface area contributed by atoms with Crippen LogP contribution >= 0.6 is 15.9 Å². The molecule has 0 amide bonds. The molecule has 0 saturated heterocycles. The van der Waals surface area contributed by atoms with Gasteiger partial charge >= 0.3 is 5.97 Å². The van der Waals surface area contributed by atoms with Gasteiger partial charge in [-0.25, -0.2) is 0 Å². The lowest BCUT2D eigenvalue weighted by molar-refractivity contribution is -0.133. The highest BCUT2D eigenvalue weighted by Gasteiger charge is 2.18. The van der Waals surface area contributed by atoms with Crippen LogP contribution in [0.3, 0.4) is 0 Å². The van der Waals surface area contributed by atoms with E-state index >= 15 is 0 Å². The monoisotopic (exact) mass is 419 g/mol. The Morgan fingerprint density at radius 2 is 1.92 bits per heavy atom. The van der Waals surface area contributed by atoms with Crippen molar-refractivity contribution in [2.45, 2.75) is 13.3 Å². The predicted octanol–water partition coefficient (Wildman–Crippen LogP) is 3.88. The first kappa shape index (κ1) is 19.6. The fourth-order valence-corrected chi connectivity index (χ4v) is 2.82. The third-order valence-corrected chi connectivity index (χ3v) is 4.07. The molecule has 0 atom stereocenters. The number of esters is 1. The van der Waals surface area contributed by atoms with Crippen molar-refractivity contribution in [3.8, 4) is 29.1 Å². The highest BCUT2D eigenvalue weighted by atomic mass is 79.9. The molecule has 136 valence electrons. The van der Waals surface area contributed by atoms with Crippen molar-refractivity contribution < 1.29 is 23.7 Å². The second-order valence-corrected chi connectivity index (χ2v) is 6.01. The predicted molar refractivity (Wildman–Crippen MR) is 98.9 cm³/mol. The van der Waals surface area contributed by atoms with Gasteiger partial charge in [0, 0.05) is 17.7 Å². The van der Waals surface area contributed by atoms with Crippen LogP contribution in [0.1, 0.15) is 18.1 Å². The fraction of sp³-hybridized carbons (Fsp3) is 0.263. The van der Waals surface area contributed by atoms with Gasteiger partial charge in [0.05, 0.1) is 43.4 Å². The van der Waals surface area contributed by atoms with E-state index < -0.39 is 5.97 Å². The number of nitriles is 1. The van der Waals surface area contributed by atoms with Crippen molar-refractivity contribution in [2.75, 3.05) is 20.8 Å². The molecule has 0 aromatic heterocycles. The summed E-state index contributed by atoms with van der Waals surface area (Å²) in [6.45, 7) is 2.18. The molecule has 0 unspecified atom stereocenters. The highest BCUT2D eigenvalue weighted by Crippen LogP contribution is 2.37. The summed E-state index contributed by atoms with van der Waals surface area (Å²) in [6, 6.07) is 10.3. The van der Waals surface area contributed by atoms with Crippen LogP contribution < -0.4 is 18.9 Å². The number of hydrogen-bond donors (Lipinski definition) is 0. The Kier molecular flexibility index (Phi) is 6.87. The molecule has 0 spiro atoms. The minimum absolute atomic E-state index is 0.00513. The van der Waals surface area contributed by atoms with Crippen molar-refractivity contribution in [3.63, 3.8) is 0 Å². The molecule has 7 heteroatoms. The lowest BCUT2D eigenvalue weighted by atomic mass is 10.1. The van der Waals surface area contributed by atoms with E-state index in [2.05, 4.69) is 15.9 Å². The largest absolute Gasteiger partial charge is 0.497 e. The number of rotatable bonds is 7. The molecule has 2 rings (SSSR count). The summed E-state index contributed by atoms with van der Waals surface area (Å²) in [4.78, 5) is 12.4. The van der Waals surface area contributed by atoms with Gasteiger partial charge in [0.25, 0.3) is 0 Å². The zero-order valence-electron chi connectivity index (χ0n) is 14.7. The number of hydrogen-bond acceptors (Lipinski definition) is 6. The first-order valence-electron chi connectivity index (χ1n) is 7.80. The van der Waals surface area contributed by atoms with Gasteiger partial charge in [-0.05, 0) is 35.0 Å². The minimum Gasteiger partial charge on any atom is -0.497 e. The molecule has 26 heavy (non-hydrogen) atoms. The number of halogens is 1. The first-order chi connectivity index (χ1) is 12.5. The van der Waals surface area contributed by atoms with E-state index in [4.69, 9.17) is 24.2 Å². The molecule has 0 radical (unpaired) electrons. The van der Waals surface area contributed by atoms with E-state index in [0.717, 1.165) is 0 Å². The Balaban J connectivity index is 2.24. The summed E-state index contributed by atoms with van der Waals surface area (Å²) < 4.78 is 21.9. The summed E-state index contributed by atoms with van der Waals surface area (Å²) in [5, 5.41) is 9.06. The average Bonchev–Trinajstić information content (AvgIpc) is 2.64. The van der Waals surface area contributed by atoms with Crippen molar-refractivity contribution in [1.29, 1.82) is 5.26 Å². The molecular weight excluding hydrogens is 402 g/mol. The van der Waals surface area contributed by atoms with Crippen LogP contribution in [0.5, 0.6) is 23.0 Å². The molecule has 0 aliphatic heterocycles. The maximum atomic E-state index is 12.4. The molecule has 0 N–H and O–H groups in total. The molecule has 0 bridgehead atoms. The summed E-state index contributed by atoms with van der Waals surface area (Å²) in [7, 11) is 3.08. The molecule has 0 aliphatic rings. The Morgan fingerprint density at radius 1 is 1.15 bits per heavy atom. The number of methoxy groups -OCH3 is 2. The van der Waals surface area contributed by atoms with Gasteiger partial charge in [-0.1, -0.05) is 6.07 Å². The molecular formula is C19H18BrNO5. The summed E-state index contributed by atoms with van der Waals surface area (Å²) in [5.74, 6) is 1.24. The normalized spacial score (nSPS) is 9.96. The fourth-order valence-electron chi connectivity index (χ4n) is 2.30. The molecule has 0 saturated carbocycles. The molecule has 2 aromatic carbocycles. The number of ether oxygens (including phenoxy) is 4. The maximum absolute atomic E-state index is 12.4. The minimum atomic E-state index is -0.486. The summed E-state index contributed by atoms with van der Waals surface area (Å²) in [6.07, 6.45) is 0.00513. The highest BCUT2D eigenvalue weighted by molar-refractivity contribution is 9.10. The van der Waals surface area contributed by atoms with E-state index in [0.29, 0.717) is 39.5 Å². The lowest BCUT2D eigenvalue weighted by Crippen LogP contribution is -2.13. The van der Waals surface area contributed by atoms with Gasteiger partial charge in [0.2, 0.25) is 0 Å². The second-order valence-electron chi connectivity index (χ2n) is 5.16. The smallest absolute Gasteiger partial charge is 0.315 e. The van der Waals surface area contributed by atoms with E-state index in [1.807, 2.05) is 6.07 Å². The van der Waals surface area contributed by atoms with Crippen LogP contribution in [-0.2, 0) is 11.2 Å². The zero-order chi connectivity index (χ0) is 19.1. The van der Waals surface area contributed by atoms with Crippen LogP contribution in [-0.4, -0.2) is 26.8 Å².